The van der Waals surface area contributed by atoms with E-state index in [0.29, 0.717) is 24.4 Å². The maximum Gasteiger partial charge on any atom is 0.226 e. The average molecular weight is 390 g/mol. The van der Waals surface area contributed by atoms with Gasteiger partial charge in [0.15, 0.2) is 5.78 Å². The second-order valence-electron chi connectivity index (χ2n) is 7.30. The van der Waals surface area contributed by atoms with Crippen molar-refractivity contribution in [3.05, 3.63) is 83.1 Å². The van der Waals surface area contributed by atoms with Crippen molar-refractivity contribution in [2.75, 3.05) is 12.4 Å². The van der Waals surface area contributed by atoms with Crippen molar-refractivity contribution >= 4 is 11.7 Å². The SMILES string of the molecule is COc1ccc([C@@H]2CC(=O)C3=C(C2)Nc2ncnn2[C@@H]3c2ccc(F)cc2)cc1. The molecule has 1 aliphatic carbocycles. The number of benzene rings is 2. The normalized spacial score (nSPS) is 20.7. The molecule has 2 aliphatic rings. The van der Waals surface area contributed by atoms with E-state index in [2.05, 4.69) is 15.4 Å². The first-order chi connectivity index (χ1) is 14.1. The van der Waals surface area contributed by atoms with Gasteiger partial charge in [-0.15, -0.1) is 0 Å². The lowest BCUT2D eigenvalue weighted by molar-refractivity contribution is -0.116. The van der Waals surface area contributed by atoms with E-state index < -0.39 is 6.04 Å². The average Bonchev–Trinajstić information content (AvgIpc) is 3.21. The Bertz CT molecular complexity index is 1100. The van der Waals surface area contributed by atoms with Crippen LogP contribution in [0, 0.1) is 5.82 Å². The van der Waals surface area contributed by atoms with Crippen LogP contribution in [0.4, 0.5) is 10.3 Å². The summed E-state index contributed by atoms with van der Waals surface area (Å²) in [5.41, 5.74) is 3.44. The molecule has 7 heteroatoms. The van der Waals surface area contributed by atoms with E-state index in [1.54, 1.807) is 23.9 Å². The summed E-state index contributed by atoms with van der Waals surface area (Å²) in [5, 5.41) is 7.60. The van der Waals surface area contributed by atoms with Gasteiger partial charge in [-0.25, -0.2) is 9.07 Å². The smallest absolute Gasteiger partial charge is 0.226 e. The van der Waals surface area contributed by atoms with Crippen molar-refractivity contribution in [1.82, 2.24) is 14.8 Å². The van der Waals surface area contributed by atoms with Gasteiger partial charge < -0.3 is 10.1 Å². The number of rotatable bonds is 3. The van der Waals surface area contributed by atoms with Crippen molar-refractivity contribution < 1.29 is 13.9 Å². The number of Topliss-reactive ketones (excluding diaryl/α,β-unsaturated/α-hetero) is 1. The van der Waals surface area contributed by atoms with E-state index >= 15 is 0 Å². The lowest BCUT2D eigenvalue weighted by Crippen LogP contribution is -2.33. The summed E-state index contributed by atoms with van der Waals surface area (Å²) >= 11 is 0. The van der Waals surface area contributed by atoms with Gasteiger partial charge in [0, 0.05) is 17.7 Å². The van der Waals surface area contributed by atoms with Crippen LogP contribution in [0.2, 0.25) is 0 Å². The minimum Gasteiger partial charge on any atom is -0.497 e. The molecule has 3 aromatic rings. The summed E-state index contributed by atoms with van der Waals surface area (Å²) in [4.78, 5) is 17.6. The largest absolute Gasteiger partial charge is 0.497 e. The summed E-state index contributed by atoms with van der Waals surface area (Å²) in [6, 6.07) is 13.6. The van der Waals surface area contributed by atoms with Crippen LogP contribution in [-0.4, -0.2) is 27.7 Å². The number of fused-ring (bicyclic) bond motifs is 1. The molecule has 0 saturated carbocycles. The number of nitrogens with zero attached hydrogens (tertiary/aromatic N) is 3. The number of halogens is 1. The first kappa shape index (κ1) is 17.6. The van der Waals surface area contributed by atoms with Gasteiger partial charge in [0.1, 0.15) is 23.9 Å². The fraction of sp³-hybridized carbons (Fsp3) is 0.227. The Hall–Kier alpha value is -3.48. The Kier molecular flexibility index (Phi) is 4.16. The fourth-order valence-electron chi connectivity index (χ4n) is 4.22. The molecule has 2 aromatic carbocycles. The van der Waals surface area contributed by atoms with Gasteiger partial charge in [-0.2, -0.15) is 10.1 Å². The summed E-state index contributed by atoms with van der Waals surface area (Å²) < 4.78 is 20.4. The second-order valence-corrected chi connectivity index (χ2v) is 7.30. The number of allylic oxidation sites excluding steroid dienone is 2. The third-order valence-electron chi connectivity index (χ3n) is 5.63. The topological polar surface area (TPSA) is 69.0 Å². The highest BCUT2D eigenvalue weighted by Crippen LogP contribution is 2.43. The molecule has 1 aliphatic heterocycles. The van der Waals surface area contributed by atoms with Crippen LogP contribution in [0.3, 0.4) is 0 Å². The maximum atomic E-state index is 13.5. The first-order valence-corrected chi connectivity index (χ1v) is 9.46. The van der Waals surface area contributed by atoms with Crippen molar-refractivity contribution in [3.8, 4) is 5.75 Å². The zero-order valence-electron chi connectivity index (χ0n) is 15.8. The molecule has 146 valence electrons. The van der Waals surface area contributed by atoms with E-state index in [4.69, 9.17) is 4.74 Å². The monoisotopic (exact) mass is 390 g/mol. The molecule has 0 fully saturated rings. The number of hydrogen-bond donors (Lipinski definition) is 1. The molecule has 29 heavy (non-hydrogen) atoms. The van der Waals surface area contributed by atoms with Crippen molar-refractivity contribution in [1.29, 1.82) is 0 Å². The quantitative estimate of drug-likeness (QED) is 0.736. The van der Waals surface area contributed by atoms with Crippen molar-refractivity contribution in [2.45, 2.75) is 24.8 Å². The number of anilines is 1. The van der Waals surface area contributed by atoms with E-state index in [-0.39, 0.29) is 17.5 Å². The number of carbonyl (C=O) groups is 1. The Morgan fingerprint density at radius 1 is 1.07 bits per heavy atom. The van der Waals surface area contributed by atoms with Crippen LogP contribution in [0.5, 0.6) is 5.75 Å². The van der Waals surface area contributed by atoms with Gasteiger partial charge in [0.25, 0.3) is 0 Å². The predicted octanol–water partition coefficient (Wildman–Crippen LogP) is 3.84. The third-order valence-corrected chi connectivity index (χ3v) is 5.63. The van der Waals surface area contributed by atoms with Crippen LogP contribution in [0.15, 0.2) is 66.1 Å². The Balaban J connectivity index is 1.55. The molecular formula is C22H19FN4O2. The van der Waals surface area contributed by atoms with Gasteiger partial charge in [0.2, 0.25) is 5.95 Å². The zero-order chi connectivity index (χ0) is 20.0. The van der Waals surface area contributed by atoms with Crippen LogP contribution in [-0.2, 0) is 4.79 Å². The van der Waals surface area contributed by atoms with Gasteiger partial charge in [-0.1, -0.05) is 24.3 Å². The number of nitrogens with one attached hydrogen (secondary N) is 1. The molecule has 2 heterocycles. The van der Waals surface area contributed by atoms with Crippen LogP contribution < -0.4 is 10.1 Å². The van der Waals surface area contributed by atoms with E-state index in [0.717, 1.165) is 22.6 Å². The summed E-state index contributed by atoms with van der Waals surface area (Å²) in [5.74, 6) is 1.19. The number of hydrogen-bond acceptors (Lipinski definition) is 5. The van der Waals surface area contributed by atoms with Crippen molar-refractivity contribution in [2.24, 2.45) is 0 Å². The summed E-state index contributed by atoms with van der Waals surface area (Å²) in [6.45, 7) is 0. The highest BCUT2D eigenvalue weighted by molar-refractivity contribution is 6.00. The van der Waals surface area contributed by atoms with Gasteiger partial charge in [-0.05, 0) is 47.7 Å². The predicted molar refractivity (Wildman–Crippen MR) is 105 cm³/mol. The zero-order valence-corrected chi connectivity index (χ0v) is 15.8. The van der Waals surface area contributed by atoms with Crippen molar-refractivity contribution in [3.63, 3.8) is 0 Å². The summed E-state index contributed by atoms with van der Waals surface area (Å²) in [7, 11) is 1.63. The van der Waals surface area contributed by atoms with Crippen LogP contribution >= 0.6 is 0 Å². The molecule has 0 radical (unpaired) electrons. The molecule has 5 rings (SSSR count). The maximum absolute atomic E-state index is 13.5. The lowest BCUT2D eigenvalue weighted by atomic mass is 9.78. The molecule has 1 N–H and O–H groups in total. The first-order valence-electron chi connectivity index (χ1n) is 9.46. The summed E-state index contributed by atoms with van der Waals surface area (Å²) in [6.07, 6.45) is 2.56. The minimum absolute atomic E-state index is 0.0649. The molecular weight excluding hydrogens is 371 g/mol. The van der Waals surface area contributed by atoms with E-state index in [9.17, 15) is 9.18 Å². The molecule has 0 amide bonds. The molecule has 0 spiro atoms. The standard InChI is InChI=1S/C22H19FN4O2/c1-29-17-8-4-13(5-9-17)15-10-18-20(19(28)11-15)21(14-2-6-16(23)7-3-14)27-22(26-18)24-12-25-27/h2-9,12,15,21H,10-11H2,1H3,(H,24,25,26)/t15-,21+/m0/s1. The van der Waals surface area contributed by atoms with Crippen LogP contribution in [0.1, 0.15) is 35.9 Å². The number of methoxy groups -OCH3 is 1. The highest BCUT2D eigenvalue weighted by Gasteiger charge is 2.39. The number of aromatic nitrogens is 3. The fourth-order valence-corrected chi connectivity index (χ4v) is 4.22. The van der Waals surface area contributed by atoms with E-state index in [1.807, 2.05) is 24.3 Å². The molecule has 2 atom stereocenters. The van der Waals surface area contributed by atoms with Crippen LogP contribution in [0.25, 0.3) is 0 Å². The Labute approximate surface area is 167 Å². The Morgan fingerprint density at radius 2 is 1.79 bits per heavy atom. The lowest BCUT2D eigenvalue weighted by Gasteiger charge is -2.35. The molecule has 0 saturated heterocycles. The van der Waals surface area contributed by atoms with E-state index in [1.165, 1.54) is 18.5 Å². The van der Waals surface area contributed by atoms with Gasteiger partial charge in [-0.3, -0.25) is 4.79 Å². The Morgan fingerprint density at radius 3 is 2.52 bits per heavy atom. The minimum atomic E-state index is -0.409. The highest BCUT2D eigenvalue weighted by atomic mass is 19.1. The molecule has 1 aromatic heterocycles. The third kappa shape index (κ3) is 2.99. The number of carbonyl (C=O) groups excluding carboxylic acids is 1. The number of ether oxygens (including phenoxy) is 1. The molecule has 0 unspecified atom stereocenters. The van der Waals surface area contributed by atoms with Gasteiger partial charge in [0.05, 0.1) is 7.11 Å². The molecule has 0 bridgehead atoms. The number of ketones is 1. The second kappa shape index (κ2) is 6.84. The van der Waals surface area contributed by atoms with Gasteiger partial charge >= 0.3 is 0 Å². The molecule has 6 nitrogen and oxygen atoms in total.